The molecule has 1 aliphatic carbocycles. The van der Waals surface area contributed by atoms with Gasteiger partial charge in [-0.2, -0.15) is 0 Å². The third-order valence-corrected chi connectivity index (χ3v) is 5.02. The molecule has 0 aliphatic heterocycles. The molecule has 4 aromatic rings. The summed E-state index contributed by atoms with van der Waals surface area (Å²) in [5, 5.41) is 13.0. The molecule has 0 heterocycles. The number of rotatable bonds is 1. The molecule has 5 rings (SSSR count). The Morgan fingerprint density at radius 3 is 2.33 bits per heavy atom. The number of hydrogen-bond acceptors (Lipinski definition) is 1. The molecule has 4 aromatic carbocycles. The van der Waals surface area contributed by atoms with E-state index in [0.29, 0.717) is 5.75 Å². The molecule has 0 bridgehead atoms. The molecule has 0 fully saturated rings. The zero-order chi connectivity index (χ0) is 16.1. The lowest BCUT2D eigenvalue weighted by atomic mass is 9.91. The number of benzene rings is 4. The van der Waals surface area contributed by atoms with Gasteiger partial charge in [-0.15, -0.1) is 0 Å². The Balaban J connectivity index is 1.84. The molecule has 0 amide bonds. The Morgan fingerprint density at radius 1 is 0.625 bits per heavy atom. The fraction of sp³-hybridized carbons (Fsp3) is 0.0435. The van der Waals surface area contributed by atoms with Crippen LogP contribution >= 0.6 is 0 Å². The average Bonchev–Trinajstić information content (AvgIpc) is 3.00. The van der Waals surface area contributed by atoms with Gasteiger partial charge in [-0.05, 0) is 51.1 Å². The second-order valence-corrected chi connectivity index (χ2v) is 6.35. The predicted octanol–water partition coefficient (Wildman–Crippen LogP) is 5.78. The van der Waals surface area contributed by atoms with Gasteiger partial charge in [0.15, 0.2) is 0 Å². The molecule has 1 nitrogen and oxygen atoms in total. The number of phenolic OH excluding ortho intramolecular Hbond substituents is 1. The molecule has 0 spiro atoms. The first-order chi connectivity index (χ1) is 11.8. The third-order valence-electron chi connectivity index (χ3n) is 5.02. The minimum atomic E-state index is 0.359. The zero-order valence-corrected chi connectivity index (χ0v) is 13.2. The molecule has 1 N–H and O–H groups in total. The van der Waals surface area contributed by atoms with Crippen molar-refractivity contribution in [3.8, 4) is 28.0 Å². The van der Waals surface area contributed by atoms with Crippen molar-refractivity contribution in [1.29, 1.82) is 0 Å². The van der Waals surface area contributed by atoms with Crippen molar-refractivity contribution >= 4 is 10.8 Å². The van der Waals surface area contributed by atoms with Gasteiger partial charge in [0, 0.05) is 5.56 Å². The lowest BCUT2D eigenvalue weighted by Crippen LogP contribution is -1.90. The highest BCUT2D eigenvalue weighted by molar-refractivity contribution is 6.00. The molecular formula is C23H16O. The third kappa shape index (κ3) is 1.82. The smallest absolute Gasteiger partial charge is 0.123 e. The van der Waals surface area contributed by atoms with Gasteiger partial charge in [-0.3, -0.25) is 0 Å². The topological polar surface area (TPSA) is 20.2 Å². The quantitative estimate of drug-likeness (QED) is 0.416. The van der Waals surface area contributed by atoms with Crippen molar-refractivity contribution < 1.29 is 5.11 Å². The molecule has 0 unspecified atom stereocenters. The Hall–Kier alpha value is -3.06. The second-order valence-electron chi connectivity index (χ2n) is 6.35. The van der Waals surface area contributed by atoms with Crippen LogP contribution in [0.3, 0.4) is 0 Å². The highest BCUT2D eigenvalue weighted by Gasteiger charge is 2.24. The molecule has 0 saturated carbocycles. The lowest BCUT2D eigenvalue weighted by Gasteiger charge is -2.14. The minimum Gasteiger partial charge on any atom is -0.507 e. The van der Waals surface area contributed by atoms with Crippen molar-refractivity contribution in [2.45, 2.75) is 6.42 Å². The van der Waals surface area contributed by atoms with Crippen LogP contribution in [0.4, 0.5) is 0 Å². The summed E-state index contributed by atoms with van der Waals surface area (Å²) in [5.41, 5.74) is 7.17. The van der Waals surface area contributed by atoms with E-state index in [4.69, 9.17) is 0 Å². The summed E-state index contributed by atoms with van der Waals surface area (Å²) >= 11 is 0. The van der Waals surface area contributed by atoms with E-state index in [0.717, 1.165) is 17.5 Å². The van der Waals surface area contributed by atoms with Crippen molar-refractivity contribution in [2.24, 2.45) is 0 Å². The predicted molar refractivity (Wildman–Crippen MR) is 99.3 cm³/mol. The van der Waals surface area contributed by atoms with E-state index in [-0.39, 0.29) is 0 Å². The van der Waals surface area contributed by atoms with Crippen LogP contribution < -0.4 is 0 Å². The van der Waals surface area contributed by atoms with E-state index in [9.17, 15) is 5.11 Å². The van der Waals surface area contributed by atoms with E-state index in [2.05, 4.69) is 66.7 Å². The van der Waals surface area contributed by atoms with Gasteiger partial charge in [-0.25, -0.2) is 0 Å². The Bertz CT molecular complexity index is 1090. The fourth-order valence-corrected chi connectivity index (χ4v) is 3.94. The monoisotopic (exact) mass is 308 g/mol. The molecule has 0 aromatic heterocycles. The Morgan fingerprint density at radius 2 is 1.38 bits per heavy atom. The van der Waals surface area contributed by atoms with E-state index in [1.54, 1.807) is 0 Å². The Kier molecular flexibility index (Phi) is 2.77. The minimum absolute atomic E-state index is 0.359. The molecule has 0 saturated heterocycles. The van der Waals surface area contributed by atoms with E-state index >= 15 is 0 Å². The first kappa shape index (κ1) is 13.4. The average molecular weight is 308 g/mol. The van der Waals surface area contributed by atoms with Crippen molar-refractivity contribution in [2.75, 3.05) is 0 Å². The van der Waals surface area contributed by atoms with Gasteiger partial charge in [0.2, 0.25) is 0 Å². The maximum absolute atomic E-state index is 10.7. The van der Waals surface area contributed by atoms with Crippen LogP contribution in [0.15, 0.2) is 78.9 Å². The number of fused-ring (bicyclic) bond motifs is 4. The van der Waals surface area contributed by atoms with Gasteiger partial charge >= 0.3 is 0 Å². The van der Waals surface area contributed by atoms with Crippen molar-refractivity contribution in [3.05, 3.63) is 90.0 Å². The maximum atomic E-state index is 10.7. The summed E-state index contributed by atoms with van der Waals surface area (Å²) in [6.07, 6.45) is 0.873. The summed E-state index contributed by atoms with van der Waals surface area (Å²) in [4.78, 5) is 0. The Labute approximate surface area is 140 Å². The highest BCUT2D eigenvalue weighted by Crippen LogP contribution is 2.46. The van der Waals surface area contributed by atoms with E-state index in [1.165, 1.54) is 33.0 Å². The maximum Gasteiger partial charge on any atom is 0.123 e. The van der Waals surface area contributed by atoms with Gasteiger partial charge in [-0.1, -0.05) is 72.8 Å². The summed E-state index contributed by atoms with van der Waals surface area (Å²) in [6.45, 7) is 0. The first-order valence-corrected chi connectivity index (χ1v) is 8.24. The number of aromatic hydroxyl groups is 1. The summed E-state index contributed by atoms with van der Waals surface area (Å²) < 4.78 is 0. The lowest BCUT2D eigenvalue weighted by molar-refractivity contribution is 0.477. The normalized spacial score (nSPS) is 12.2. The fourth-order valence-electron chi connectivity index (χ4n) is 3.94. The van der Waals surface area contributed by atoms with Crippen LogP contribution in [0.5, 0.6) is 5.75 Å². The van der Waals surface area contributed by atoms with Crippen molar-refractivity contribution in [3.63, 3.8) is 0 Å². The first-order valence-electron chi connectivity index (χ1n) is 8.24. The largest absolute Gasteiger partial charge is 0.507 e. The van der Waals surface area contributed by atoms with Gasteiger partial charge in [0.1, 0.15) is 5.75 Å². The summed E-state index contributed by atoms with van der Waals surface area (Å²) in [6, 6.07) is 27.1. The van der Waals surface area contributed by atoms with Gasteiger partial charge in [0.05, 0.1) is 0 Å². The molecule has 0 radical (unpaired) electrons. The second kappa shape index (κ2) is 4.97. The van der Waals surface area contributed by atoms with Gasteiger partial charge in [0.25, 0.3) is 0 Å². The number of hydrogen-bond donors (Lipinski definition) is 1. The van der Waals surface area contributed by atoms with Crippen LogP contribution in [-0.2, 0) is 6.42 Å². The summed E-state index contributed by atoms with van der Waals surface area (Å²) in [7, 11) is 0. The van der Waals surface area contributed by atoms with E-state index in [1.807, 2.05) is 12.1 Å². The standard InChI is InChI=1S/C23H16O/c24-22-13-12-19-18-10-4-2-7-16(18)14-21(19)23(22)20-11-5-8-15-6-1-3-9-17(15)20/h1-13,24H,14H2. The number of phenols is 1. The van der Waals surface area contributed by atoms with Crippen LogP contribution in [0.1, 0.15) is 11.1 Å². The van der Waals surface area contributed by atoms with Crippen LogP contribution in [0.25, 0.3) is 33.0 Å². The van der Waals surface area contributed by atoms with E-state index < -0.39 is 0 Å². The highest BCUT2D eigenvalue weighted by atomic mass is 16.3. The van der Waals surface area contributed by atoms with Crippen LogP contribution in [0, 0.1) is 0 Å². The molecule has 1 aliphatic rings. The van der Waals surface area contributed by atoms with Crippen LogP contribution in [0.2, 0.25) is 0 Å². The van der Waals surface area contributed by atoms with Crippen molar-refractivity contribution in [1.82, 2.24) is 0 Å². The molecule has 1 heteroatoms. The zero-order valence-electron chi connectivity index (χ0n) is 13.2. The molecule has 0 atom stereocenters. The molecule has 24 heavy (non-hydrogen) atoms. The SMILES string of the molecule is Oc1ccc2c(c1-c1cccc3ccccc13)Cc1ccccc1-2. The van der Waals surface area contributed by atoms with Gasteiger partial charge < -0.3 is 5.11 Å². The molecular weight excluding hydrogens is 292 g/mol. The summed E-state index contributed by atoms with van der Waals surface area (Å²) in [5.74, 6) is 0.359. The molecule has 114 valence electrons. The van der Waals surface area contributed by atoms with Crippen LogP contribution in [-0.4, -0.2) is 5.11 Å².